The number of halogens is 1. The fourth-order valence-corrected chi connectivity index (χ4v) is 2.69. The number of hydrogen-bond donors (Lipinski definition) is 1. The molecule has 1 amide bonds. The largest absolute Gasteiger partial charge is 0.463 e. The minimum absolute atomic E-state index is 0.0657. The third kappa shape index (κ3) is 5.17. The van der Waals surface area contributed by atoms with E-state index in [0.717, 1.165) is 0 Å². The highest BCUT2D eigenvalue weighted by Gasteiger charge is 2.10. The lowest BCUT2D eigenvalue weighted by Crippen LogP contribution is -2.32. The molecule has 3 aromatic rings. The predicted molar refractivity (Wildman–Crippen MR) is 104 cm³/mol. The molecule has 0 saturated carbocycles. The van der Waals surface area contributed by atoms with Crippen LogP contribution in [0, 0.1) is 0 Å². The molecule has 2 heterocycles. The molecule has 7 nitrogen and oxygen atoms in total. The molecule has 2 aromatic heterocycles. The summed E-state index contributed by atoms with van der Waals surface area (Å²) >= 11 is 5.79. The van der Waals surface area contributed by atoms with Crippen molar-refractivity contribution in [2.24, 2.45) is 0 Å². The highest BCUT2D eigenvalue weighted by molar-refractivity contribution is 6.30. The first-order chi connectivity index (χ1) is 13.5. The van der Waals surface area contributed by atoms with Gasteiger partial charge in [-0.15, -0.1) is 0 Å². The maximum atomic E-state index is 12.1. The van der Waals surface area contributed by atoms with E-state index >= 15 is 0 Å². The van der Waals surface area contributed by atoms with E-state index in [0.29, 0.717) is 22.0 Å². The highest BCUT2D eigenvalue weighted by atomic mass is 35.5. The Labute approximate surface area is 165 Å². The molecule has 0 aliphatic rings. The Morgan fingerprint density at radius 2 is 1.86 bits per heavy atom. The number of amides is 1. The summed E-state index contributed by atoms with van der Waals surface area (Å²) in [6.45, 7) is 0.437. The fourth-order valence-electron chi connectivity index (χ4n) is 2.56. The van der Waals surface area contributed by atoms with Crippen molar-refractivity contribution in [1.82, 2.24) is 15.1 Å². The van der Waals surface area contributed by atoms with E-state index in [1.807, 2.05) is 0 Å². The van der Waals surface area contributed by atoms with Gasteiger partial charge in [0.05, 0.1) is 12.8 Å². The lowest BCUT2D eigenvalue weighted by Gasteiger charge is -2.08. The standard InChI is InChI=1S/C20H18ClN3O4/c21-15-5-3-14(4-6-15)17(25)8-9-19(26)22-11-12-24-20(27)10-7-16(23-24)18-2-1-13-28-18/h1-7,10,13H,8-9,11-12H2,(H,22,26). The number of carbonyl (C=O) groups is 2. The summed E-state index contributed by atoms with van der Waals surface area (Å²) in [6.07, 6.45) is 1.69. The smallest absolute Gasteiger partial charge is 0.266 e. The Kier molecular flexibility index (Phi) is 6.39. The second-order valence-corrected chi connectivity index (χ2v) is 6.47. The molecule has 0 spiro atoms. The van der Waals surface area contributed by atoms with Crippen LogP contribution in [0.15, 0.2) is 64.0 Å². The molecule has 0 unspecified atom stereocenters. The van der Waals surface area contributed by atoms with E-state index in [1.165, 1.54) is 17.0 Å². The van der Waals surface area contributed by atoms with Gasteiger partial charge in [-0.05, 0) is 42.5 Å². The van der Waals surface area contributed by atoms with E-state index < -0.39 is 0 Å². The number of furan rings is 1. The Bertz CT molecular complexity index is 1010. The van der Waals surface area contributed by atoms with Crippen LogP contribution in [-0.4, -0.2) is 28.0 Å². The number of rotatable bonds is 8. The number of aromatic nitrogens is 2. The second kappa shape index (κ2) is 9.14. The molecular formula is C20H18ClN3O4. The zero-order valence-corrected chi connectivity index (χ0v) is 15.7. The Hall–Kier alpha value is -3.19. The van der Waals surface area contributed by atoms with Crippen molar-refractivity contribution in [2.45, 2.75) is 19.4 Å². The number of nitrogens with zero attached hydrogens (tertiary/aromatic N) is 2. The zero-order chi connectivity index (χ0) is 19.9. The number of nitrogens with one attached hydrogen (secondary N) is 1. The molecule has 8 heteroatoms. The summed E-state index contributed by atoms with van der Waals surface area (Å²) in [7, 11) is 0. The summed E-state index contributed by atoms with van der Waals surface area (Å²) in [5.74, 6) is 0.159. The summed E-state index contributed by atoms with van der Waals surface area (Å²) in [5.41, 5.74) is 0.773. The first-order valence-electron chi connectivity index (χ1n) is 8.70. The van der Waals surface area contributed by atoms with Crippen LogP contribution in [0.25, 0.3) is 11.5 Å². The highest BCUT2D eigenvalue weighted by Crippen LogP contribution is 2.15. The molecule has 0 aliphatic heterocycles. The van der Waals surface area contributed by atoms with Gasteiger partial charge in [-0.25, -0.2) is 4.68 Å². The summed E-state index contributed by atoms with van der Waals surface area (Å²) < 4.78 is 6.53. The van der Waals surface area contributed by atoms with Gasteiger partial charge in [0.1, 0.15) is 5.69 Å². The van der Waals surface area contributed by atoms with Crippen molar-refractivity contribution in [3.05, 3.63) is 75.7 Å². The van der Waals surface area contributed by atoms with Crippen molar-refractivity contribution in [2.75, 3.05) is 6.54 Å². The van der Waals surface area contributed by atoms with Crippen molar-refractivity contribution in [3.8, 4) is 11.5 Å². The molecular weight excluding hydrogens is 382 g/mol. The molecule has 144 valence electrons. The van der Waals surface area contributed by atoms with Crippen LogP contribution in [-0.2, 0) is 11.3 Å². The maximum absolute atomic E-state index is 12.1. The van der Waals surface area contributed by atoms with Gasteiger partial charge in [0.2, 0.25) is 5.91 Å². The van der Waals surface area contributed by atoms with Crippen molar-refractivity contribution < 1.29 is 14.0 Å². The number of benzene rings is 1. The van der Waals surface area contributed by atoms with Crippen LogP contribution in [0.4, 0.5) is 0 Å². The van der Waals surface area contributed by atoms with Crippen molar-refractivity contribution >= 4 is 23.3 Å². The van der Waals surface area contributed by atoms with Crippen LogP contribution < -0.4 is 10.9 Å². The quantitative estimate of drug-likeness (QED) is 0.588. The first-order valence-corrected chi connectivity index (χ1v) is 9.08. The molecule has 28 heavy (non-hydrogen) atoms. The minimum Gasteiger partial charge on any atom is -0.463 e. The lowest BCUT2D eigenvalue weighted by molar-refractivity contribution is -0.121. The Balaban J connectivity index is 1.48. The number of Topliss-reactive ketones (excluding diaryl/α,β-unsaturated/α-hetero) is 1. The normalized spacial score (nSPS) is 10.6. The van der Waals surface area contributed by atoms with Gasteiger partial charge in [-0.2, -0.15) is 5.10 Å². The zero-order valence-electron chi connectivity index (χ0n) is 14.9. The van der Waals surface area contributed by atoms with E-state index in [4.69, 9.17) is 16.0 Å². The van der Waals surface area contributed by atoms with Gasteiger partial charge in [-0.3, -0.25) is 14.4 Å². The molecule has 0 atom stereocenters. The first kappa shape index (κ1) is 19.6. The molecule has 3 rings (SSSR count). The monoisotopic (exact) mass is 399 g/mol. The average Bonchev–Trinajstić information content (AvgIpc) is 3.23. The SMILES string of the molecule is O=C(CCC(=O)c1ccc(Cl)cc1)NCCn1nc(-c2ccco2)ccc1=O. The molecule has 0 bridgehead atoms. The van der Waals surface area contributed by atoms with E-state index in [-0.39, 0.29) is 43.2 Å². The van der Waals surface area contributed by atoms with E-state index in [9.17, 15) is 14.4 Å². The van der Waals surface area contributed by atoms with Gasteiger partial charge in [0.25, 0.3) is 5.56 Å². The second-order valence-electron chi connectivity index (χ2n) is 6.04. The summed E-state index contributed by atoms with van der Waals surface area (Å²) in [6, 6.07) is 13.0. The van der Waals surface area contributed by atoms with Gasteiger partial charge in [0, 0.05) is 36.0 Å². The average molecular weight is 400 g/mol. The summed E-state index contributed by atoms with van der Waals surface area (Å²) in [5, 5.41) is 7.47. The number of carbonyl (C=O) groups excluding carboxylic acids is 2. The van der Waals surface area contributed by atoms with Gasteiger partial charge < -0.3 is 9.73 Å². The van der Waals surface area contributed by atoms with E-state index in [2.05, 4.69) is 10.4 Å². The van der Waals surface area contributed by atoms with Crippen LogP contribution in [0.1, 0.15) is 23.2 Å². The van der Waals surface area contributed by atoms with Gasteiger partial charge in [-0.1, -0.05) is 11.6 Å². The molecule has 1 aromatic carbocycles. The molecule has 0 fully saturated rings. The maximum Gasteiger partial charge on any atom is 0.266 e. The van der Waals surface area contributed by atoms with Crippen LogP contribution in [0.3, 0.4) is 0 Å². The topological polar surface area (TPSA) is 94.2 Å². The lowest BCUT2D eigenvalue weighted by atomic mass is 10.1. The van der Waals surface area contributed by atoms with Crippen LogP contribution >= 0.6 is 11.6 Å². The summed E-state index contributed by atoms with van der Waals surface area (Å²) in [4.78, 5) is 35.9. The van der Waals surface area contributed by atoms with Crippen molar-refractivity contribution in [3.63, 3.8) is 0 Å². The third-order valence-corrected chi connectivity index (χ3v) is 4.28. The van der Waals surface area contributed by atoms with Crippen molar-refractivity contribution in [1.29, 1.82) is 0 Å². The Morgan fingerprint density at radius 3 is 2.57 bits per heavy atom. The fraction of sp³-hybridized carbons (Fsp3) is 0.200. The van der Waals surface area contributed by atoms with Crippen LogP contribution in [0.2, 0.25) is 5.02 Å². The third-order valence-electron chi connectivity index (χ3n) is 4.03. The minimum atomic E-state index is -0.275. The van der Waals surface area contributed by atoms with Gasteiger partial charge in [0.15, 0.2) is 11.5 Å². The molecule has 0 saturated heterocycles. The molecule has 0 radical (unpaired) electrons. The number of hydrogen-bond acceptors (Lipinski definition) is 5. The molecule has 1 N–H and O–H groups in total. The molecule has 0 aliphatic carbocycles. The number of ketones is 1. The van der Waals surface area contributed by atoms with Gasteiger partial charge >= 0.3 is 0 Å². The predicted octanol–water partition coefficient (Wildman–Crippen LogP) is 2.94. The van der Waals surface area contributed by atoms with Crippen LogP contribution in [0.5, 0.6) is 0 Å². The van der Waals surface area contributed by atoms with E-state index in [1.54, 1.807) is 42.5 Å². The Morgan fingerprint density at radius 1 is 1.07 bits per heavy atom.